The van der Waals surface area contributed by atoms with Gasteiger partial charge in [-0.2, -0.15) is 4.98 Å². The van der Waals surface area contributed by atoms with E-state index in [1.807, 2.05) is 0 Å². The van der Waals surface area contributed by atoms with Crippen LogP contribution in [0.3, 0.4) is 0 Å². The van der Waals surface area contributed by atoms with E-state index in [4.69, 9.17) is 14.0 Å². The van der Waals surface area contributed by atoms with E-state index in [0.29, 0.717) is 24.2 Å². The number of aromatic nitrogens is 2. The molecule has 0 spiro atoms. The Morgan fingerprint density at radius 3 is 3.05 bits per heavy atom. The summed E-state index contributed by atoms with van der Waals surface area (Å²) in [5.74, 6) is 1.88. The smallest absolute Gasteiger partial charge is 0.223 e. The molecule has 0 saturated carbocycles. The van der Waals surface area contributed by atoms with Crippen LogP contribution in [0.25, 0.3) is 0 Å². The summed E-state index contributed by atoms with van der Waals surface area (Å²) >= 11 is 0. The summed E-state index contributed by atoms with van der Waals surface area (Å²) in [5.41, 5.74) is 0. The van der Waals surface area contributed by atoms with Crippen LogP contribution in [0.4, 0.5) is 0 Å². The molecule has 1 aliphatic heterocycles. The van der Waals surface area contributed by atoms with Crippen molar-refractivity contribution in [2.24, 2.45) is 4.99 Å². The largest absolute Gasteiger partial charge is 0.379 e. The lowest BCUT2D eigenvalue weighted by Gasteiger charge is -2.12. The summed E-state index contributed by atoms with van der Waals surface area (Å²) in [5, 5.41) is 10.2. The number of hydrogen-bond acceptors (Lipinski definition) is 6. The van der Waals surface area contributed by atoms with Gasteiger partial charge in [-0.25, -0.2) is 0 Å². The highest BCUT2D eigenvalue weighted by Gasteiger charge is 2.15. The fraction of sp³-hybridized carbons (Fsp3) is 0.769. The number of aryl methyl sites for hydroxylation is 1. The maximum absolute atomic E-state index is 5.69. The minimum atomic E-state index is 0.268. The maximum Gasteiger partial charge on any atom is 0.223 e. The van der Waals surface area contributed by atoms with Crippen molar-refractivity contribution in [1.29, 1.82) is 0 Å². The molecule has 8 heteroatoms. The zero-order valence-corrected chi connectivity index (χ0v) is 12.6. The van der Waals surface area contributed by atoms with Crippen LogP contribution < -0.4 is 10.6 Å². The van der Waals surface area contributed by atoms with E-state index in [0.717, 1.165) is 39.2 Å². The Kier molecular flexibility index (Phi) is 6.42. The van der Waals surface area contributed by atoms with Gasteiger partial charge in [-0.1, -0.05) is 5.16 Å². The molecule has 2 rings (SSSR count). The van der Waals surface area contributed by atoms with Crippen LogP contribution in [0.2, 0.25) is 0 Å². The molecule has 1 unspecified atom stereocenters. The molecule has 2 heterocycles. The van der Waals surface area contributed by atoms with Crippen LogP contribution in [0, 0.1) is 6.92 Å². The zero-order valence-electron chi connectivity index (χ0n) is 12.6. The number of aliphatic imine (C=N–C) groups is 1. The lowest BCUT2D eigenvalue weighted by Crippen LogP contribution is -2.37. The van der Waals surface area contributed by atoms with Crippen LogP contribution in [0.15, 0.2) is 9.52 Å². The monoisotopic (exact) mass is 297 g/mol. The first-order chi connectivity index (χ1) is 10.3. The van der Waals surface area contributed by atoms with Crippen molar-refractivity contribution in [2.45, 2.75) is 32.4 Å². The predicted octanol–water partition coefficient (Wildman–Crippen LogP) is 0.239. The SMILES string of the molecule is CN=C(NCCCOC1CCOC1)NCc1noc(C)n1. The average Bonchev–Trinajstić information content (AvgIpc) is 3.13. The van der Waals surface area contributed by atoms with Gasteiger partial charge in [0.2, 0.25) is 5.89 Å². The first-order valence-corrected chi connectivity index (χ1v) is 7.21. The fourth-order valence-corrected chi connectivity index (χ4v) is 1.97. The van der Waals surface area contributed by atoms with E-state index >= 15 is 0 Å². The molecule has 21 heavy (non-hydrogen) atoms. The standard InChI is InChI=1S/C13H23N5O3/c1-10-17-12(18-21-10)8-16-13(14-2)15-5-3-6-20-11-4-7-19-9-11/h11H,3-9H2,1-2H3,(H2,14,15,16). The maximum atomic E-state index is 5.69. The molecule has 1 aromatic heterocycles. The molecular weight excluding hydrogens is 274 g/mol. The minimum Gasteiger partial charge on any atom is -0.379 e. The molecule has 0 bridgehead atoms. The van der Waals surface area contributed by atoms with Gasteiger partial charge in [0.15, 0.2) is 11.8 Å². The van der Waals surface area contributed by atoms with E-state index in [1.54, 1.807) is 14.0 Å². The molecule has 1 aromatic rings. The molecule has 0 aromatic carbocycles. The first-order valence-electron chi connectivity index (χ1n) is 7.21. The van der Waals surface area contributed by atoms with Crippen molar-refractivity contribution in [3.63, 3.8) is 0 Å². The Hall–Kier alpha value is -1.67. The first kappa shape index (κ1) is 15.7. The molecule has 1 fully saturated rings. The Balaban J connectivity index is 1.55. The van der Waals surface area contributed by atoms with Gasteiger partial charge >= 0.3 is 0 Å². The average molecular weight is 297 g/mol. The van der Waals surface area contributed by atoms with Crippen LogP contribution in [0.5, 0.6) is 0 Å². The number of nitrogens with zero attached hydrogens (tertiary/aromatic N) is 3. The van der Waals surface area contributed by atoms with Crippen molar-refractivity contribution in [2.75, 3.05) is 33.4 Å². The normalized spacial score (nSPS) is 19.0. The third-order valence-electron chi connectivity index (χ3n) is 3.06. The summed E-state index contributed by atoms with van der Waals surface area (Å²) < 4.78 is 15.9. The Morgan fingerprint density at radius 1 is 1.48 bits per heavy atom. The molecule has 0 aliphatic carbocycles. The van der Waals surface area contributed by atoms with Crippen LogP contribution >= 0.6 is 0 Å². The Labute approximate surface area is 124 Å². The molecule has 1 aliphatic rings. The molecule has 118 valence electrons. The minimum absolute atomic E-state index is 0.268. The van der Waals surface area contributed by atoms with Crippen molar-refractivity contribution >= 4 is 5.96 Å². The van der Waals surface area contributed by atoms with Gasteiger partial charge < -0.3 is 24.6 Å². The van der Waals surface area contributed by atoms with Gasteiger partial charge in [-0.05, 0) is 12.8 Å². The second-order valence-electron chi connectivity index (χ2n) is 4.79. The molecule has 1 atom stereocenters. The Bertz CT molecular complexity index is 443. The number of guanidine groups is 1. The highest BCUT2D eigenvalue weighted by atomic mass is 16.5. The highest BCUT2D eigenvalue weighted by molar-refractivity contribution is 5.79. The molecule has 2 N–H and O–H groups in total. The quantitative estimate of drug-likeness (QED) is 0.423. The van der Waals surface area contributed by atoms with Crippen molar-refractivity contribution < 1.29 is 14.0 Å². The van der Waals surface area contributed by atoms with Crippen molar-refractivity contribution in [3.8, 4) is 0 Å². The lowest BCUT2D eigenvalue weighted by molar-refractivity contribution is 0.0420. The van der Waals surface area contributed by atoms with E-state index in [-0.39, 0.29) is 6.10 Å². The summed E-state index contributed by atoms with van der Waals surface area (Å²) in [4.78, 5) is 8.25. The van der Waals surface area contributed by atoms with E-state index in [1.165, 1.54) is 0 Å². The van der Waals surface area contributed by atoms with E-state index in [2.05, 4.69) is 25.8 Å². The van der Waals surface area contributed by atoms with Gasteiger partial charge in [0.25, 0.3) is 0 Å². The molecular formula is C13H23N5O3. The van der Waals surface area contributed by atoms with Crippen molar-refractivity contribution in [3.05, 3.63) is 11.7 Å². The van der Waals surface area contributed by atoms with Gasteiger partial charge in [-0.15, -0.1) is 0 Å². The molecule has 0 radical (unpaired) electrons. The highest BCUT2D eigenvalue weighted by Crippen LogP contribution is 2.07. The number of nitrogens with one attached hydrogen (secondary N) is 2. The molecule has 1 saturated heterocycles. The third-order valence-corrected chi connectivity index (χ3v) is 3.06. The van der Waals surface area contributed by atoms with Crippen LogP contribution in [-0.4, -0.2) is 55.6 Å². The summed E-state index contributed by atoms with van der Waals surface area (Å²) in [6.07, 6.45) is 2.18. The van der Waals surface area contributed by atoms with Crippen LogP contribution in [-0.2, 0) is 16.0 Å². The lowest BCUT2D eigenvalue weighted by atomic mass is 10.3. The van der Waals surface area contributed by atoms with Gasteiger partial charge in [0.1, 0.15) is 0 Å². The summed E-state index contributed by atoms with van der Waals surface area (Å²) in [6.45, 7) is 5.29. The van der Waals surface area contributed by atoms with Crippen molar-refractivity contribution in [1.82, 2.24) is 20.8 Å². The summed E-state index contributed by atoms with van der Waals surface area (Å²) in [7, 11) is 1.73. The van der Waals surface area contributed by atoms with Crippen LogP contribution in [0.1, 0.15) is 24.6 Å². The van der Waals surface area contributed by atoms with Gasteiger partial charge in [-0.3, -0.25) is 4.99 Å². The van der Waals surface area contributed by atoms with E-state index < -0.39 is 0 Å². The third kappa shape index (κ3) is 5.68. The van der Waals surface area contributed by atoms with Gasteiger partial charge in [0, 0.05) is 33.7 Å². The van der Waals surface area contributed by atoms with E-state index in [9.17, 15) is 0 Å². The summed E-state index contributed by atoms with van der Waals surface area (Å²) in [6, 6.07) is 0. The number of ether oxygens (including phenoxy) is 2. The zero-order chi connectivity index (χ0) is 14.9. The second-order valence-corrected chi connectivity index (χ2v) is 4.79. The topological polar surface area (TPSA) is 93.8 Å². The van der Waals surface area contributed by atoms with Gasteiger partial charge in [0.05, 0.1) is 19.3 Å². The second kappa shape index (κ2) is 8.58. The molecule has 0 amide bonds. The predicted molar refractivity (Wildman–Crippen MR) is 77.0 cm³/mol. The number of hydrogen-bond donors (Lipinski definition) is 2. The molecule has 8 nitrogen and oxygen atoms in total. The fourth-order valence-electron chi connectivity index (χ4n) is 1.97. The Morgan fingerprint density at radius 2 is 2.38 bits per heavy atom. The number of rotatable bonds is 7.